The predicted molar refractivity (Wildman–Crippen MR) is 79.1 cm³/mol. The van der Waals surface area contributed by atoms with Gasteiger partial charge >= 0.3 is 5.82 Å². The summed E-state index contributed by atoms with van der Waals surface area (Å²) < 4.78 is 1.34. The lowest BCUT2D eigenvalue weighted by Crippen LogP contribution is -2.27. The molecule has 1 aliphatic rings. The van der Waals surface area contributed by atoms with Crippen LogP contribution in [0.15, 0.2) is 24.8 Å². The molecule has 2 aromatic rings. The molecule has 0 bridgehead atoms. The van der Waals surface area contributed by atoms with Gasteiger partial charge in [0.1, 0.15) is 11.9 Å². The number of aromatic nitrogens is 3. The zero-order valence-corrected chi connectivity index (χ0v) is 12.3. The number of hydrogen-bond donors (Lipinski definition) is 1. The number of nitro groups is 1. The van der Waals surface area contributed by atoms with Crippen LogP contribution in [-0.4, -0.2) is 49.1 Å². The molecule has 0 spiro atoms. The molecule has 1 amide bonds. The number of Topliss-reactive ketones (excluding diaryl/α,β-unsaturated/α-hetero) is 1. The third kappa shape index (κ3) is 3.12. The van der Waals surface area contributed by atoms with Crippen LogP contribution in [0.4, 0.5) is 5.82 Å². The van der Waals surface area contributed by atoms with Gasteiger partial charge in [-0.1, -0.05) is 0 Å². The molecule has 0 atom stereocenters. The van der Waals surface area contributed by atoms with Gasteiger partial charge in [-0.2, -0.15) is 0 Å². The van der Waals surface area contributed by atoms with Crippen molar-refractivity contribution in [3.63, 3.8) is 0 Å². The summed E-state index contributed by atoms with van der Waals surface area (Å²) in [5.41, 5.74) is 0.746. The minimum Gasteiger partial charge on any atom is -0.358 e. The van der Waals surface area contributed by atoms with E-state index in [0.717, 1.165) is 25.9 Å². The van der Waals surface area contributed by atoms with Gasteiger partial charge < -0.3 is 24.6 Å². The largest absolute Gasteiger partial charge is 0.381 e. The number of carbonyl (C=O) groups is 2. The molecular weight excluding hydrogens is 302 g/mol. The number of ketones is 1. The summed E-state index contributed by atoms with van der Waals surface area (Å²) in [5.74, 6) is -0.675. The minimum absolute atomic E-state index is 0.0734. The summed E-state index contributed by atoms with van der Waals surface area (Å²) in [7, 11) is 0. The van der Waals surface area contributed by atoms with Gasteiger partial charge in [0.15, 0.2) is 5.78 Å². The highest BCUT2D eigenvalue weighted by atomic mass is 16.6. The fraction of sp³-hybridized carbons (Fsp3) is 0.357. The zero-order chi connectivity index (χ0) is 16.4. The lowest BCUT2D eigenvalue weighted by molar-refractivity contribution is -0.389. The van der Waals surface area contributed by atoms with Gasteiger partial charge in [0.05, 0.1) is 6.54 Å². The fourth-order valence-corrected chi connectivity index (χ4v) is 2.56. The first-order valence-corrected chi connectivity index (χ1v) is 7.21. The van der Waals surface area contributed by atoms with Crippen molar-refractivity contribution in [3.05, 3.63) is 46.2 Å². The van der Waals surface area contributed by atoms with Gasteiger partial charge in [-0.3, -0.25) is 9.59 Å². The number of nitrogens with one attached hydrogen (secondary N) is 1. The number of hydrogen-bond acceptors (Lipinski definition) is 5. The average molecular weight is 317 g/mol. The van der Waals surface area contributed by atoms with Gasteiger partial charge in [-0.15, -0.1) is 0 Å². The Morgan fingerprint density at radius 2 is 2.09 bits per heavy atom. The molecule has 0 aliphatic carbocycles. The third-order valence-electron chi connectivity index (χ3n) is 3.76. The highest BCUT2D eigenvalue weighted by Crippen LogP contribution is 2.14. The first kappa shape index (κ1) is 14.9. The van der Waals surface area contributed by atoms with Crippen molar-refractivity contribution in [2.24, 2.45) is 0 Å². The lowest BCUT2D eigenvalue weighted by Gasteiger charge is -2.13. The maximum absolute atomic E-state index is 12.2. The second-order valence-electron chi connectivity index (χ2n) is 5.39. The molecule has 9 heteroatoms. The summed E-state index contributed by atoms with van der Waals surface area (Å²) in [6.45, 7) is 1.40. The number of rotatable bonds is 5. The smallest absolute Gasteiger partial charge is 0.358 e. The van der Waals surface area contributed by atoms with Crippen LogP contribution in [0.3, 0.4) is 0 Å². The fourth-order valence-electron chi connectivity index (χ4n) is 2.56. The summed E-state index contributed by atoms with van der Waals surface area (Å²) >= 11 is 0. The minimum atomic E-state index is -0.621. The molecule has 0 aromatic carbocycles. The maximum atomic E-state index is 12.2. The Balaban J connectivity index is 1.68. The van der Waals surface area contributed by atoms with Crippen molar-refractivity contribution in [2.75, 3.05) is 13.1 Å². The van der Waals surface area contributed by atoms with Crippen molar-refractivity contribution in [1.82, 2.24) is 19.4 Å². The van der Waals surface area contributed by atoms with E-state index < -0.39 is 4.92 Å². The maximum Gasteiger partial charge on any atom is 0.381 e. The van der Waals surface area contributed by atoms with E-state index in [1.807, 2.05) is 0 Å². The van der Waals surface area contributed by atoms with Crippen LogP contribution >= 0.6 is 0 Å². The van der Waals surface area contributed by atoms with Gasteiger partial charge in [0, 0.05) is 24.8 Å². The highest BCUT2D eigenvalue weighted by molar-refractivity contribution is 6.00. The van der Waals surface area contributed by atoms with E-state index in [1.54, 1.807) is 4.90 Å². The topological polar surface area (TPSA) is 114 Å². The molecule has 1 N–H and O–H groups in total. The van der Waals surface area contributed by atoms with Crippen molar-refractivity contribution < 1.29 is 14.5 Å². The van der Waals surface area contributed by atoms with Crippen LogP contribution in [0.5, 0.6) is 0 Å². The quantitative estimate of drug-likeness (QED) is 0.506. The molecule has 3 heterocycles. The number of amides is 1. The van der Waals surface area contributed by atoms with Crippen LogP contribution in [-0.2, 0) is 6.54 Å². The molecule has 120 valence electrons. The van der Waals surface area contributed by atoms with Gasteiger partial charge in [-0.25, -0.2) is 0 Å². The van der Waals surface area contributed by atoms with Gasteiger partial charge in [-0.05, 0) is 28.8 Å². The molecule has 1 aliphatic heterocycles. The zero-order valence-electron chi connectivity index (χ0n) is 12.3. The normalized spacial score (nSPS) is 14.2. The van der Waals surface area contributed by atoms with E-state index >= 15 is 0 Å². The average Bonchev–Trinajstić information content (AvgIpc) is 3.27. The Labute approximate surface area is 131 Å². The standard InChI is InChI=1S/C14H15N5O4/c20-12(7-17-8-13(16-9-17)19(22)23)10-5-11(15-6-10)14(21)18-3-1-2-4-18/h5-6,8-9,15H,1-4,7H2. The van der Waals surface area contributed by atoms with E-state index in [2.05, 4.69) is 9.97 Å². The van der Waals surface area contributed by atoms with Crippen molar-refractivity contribution in [3.8, 4) is 0 Å². The molecule has 3 rings (SSSR count). The molecule has 1 fully saturated rings. The molecule has 9 nitrogen and oxygen atoms in total. The molecule has 0 unspecified atom stereocenters. The first-order chi connectivity index (χ1) is 11.0. The second-order valence-corrected chi connectivity index (χ2v) is 5.39. The van der Waals surface area contributed by atoms with Crippen LogP contribution in [0, 0.1) is 10.1 Å². The Hall–Kier alpha value is -2.97. The number of carbonyl (C=O) groups excluding carboxylic acids is 2. The summed E-state index contributed by atoms with van der Waals surface area (Å²) in [6, 6.07) is 1.52. The summed E-state index contributed by atoms with van der Waals surface area (Å²) in [4.78, 5) is 42.5. The van der Waals surface area contributed by atoms with Crippen molar-refractivity contribution in [2.45, 2.75) is 19.4 Å². The van der Waals surface area contributed by atoms with Crippen molar-refractivity contribution >= 4 is 17.5 Å². The third-order valence-corrected chi connectivity index (χ3v) is 3.76. The molecule has 0 saturated carbocycles. The van der Waals surface area contributed by atoms with E-state index in [9.17, 15) is 19.7 Å². The molecular formula is C14H15N5O4. The molecule has 1 saturated heterocycles. The van der Waals surface area contributed by atoms with Crippen LogP contribution in [0.2, 0.25) is 0 Å². The molecule has 0 radical (unpaired) electrons. The summed E-state index contributed by atoms with van der Waals surface area (Å²) in [6.07, 6.45) is 5.91. The SMILES string of the molecule is O=C(Cn1cnc([N+](=O)[O-])c1)c1c[nH]c(C(=O)N2CCCC2)c1. The number of likely N-dealkylation sites (tertiary alicyclic amines) is 1. The number of H-pyrrole nitrogens is 1. The molecule has 23 heavy (non-hydrogen) atoms. The van der Waals surface area contributed by atoms with E-state index in [4.69, 9.17) is 0 Å². The van der Waals surface area contributed by atoms with E-state index in [-0.39, 0.29) is 24.1 Å². The van der Waals surface area contributed by atoms with Crippen LogP contribution in [0.1, 0.15) is 33.7 Å². The molecule has 2 aromatic heterocycles. The Kier molecular flexibility index (Phi) is 3.92. The van der Waals surface area contributed by atoms with Crippen LogP contribution < -0.4 is 0 Å². The predicted octanol–water partition coefficient (Wildman–Crippen LogP) is 1.24. The Morgan fingerprint density at radius 3 is 2.74 bits per heavy atom. The first-order valence-electron chi connectivity index (χ1n) is 7.21. The highest BCUT2D eigenvalue weighted by Gasteiger charge is 2.22. The Bertz CT molecular complexity index is 757. The number of aromatic amines is 1. The van der Waals surface area contributed by atoms with E-state index in [1.165, 1.54) is 29.4 Å². The van der Waals surface area contributed by atoms with Crippen LogP contribution in [0.25, 0.3) is 0 Å². The van der Waals surface area contributed by atoms with Gasteiger partial charge in [0.25, 0.3) is 5.91 Å². The van der Waals surface area contributed by atoms with Gasteiger partial charge in [0.2, 0.25) is 6.33 Å². The monoisotopic (exact) mass is 317 g/mol. The van der Waals surface area contributed by atoms with E-state index in [0.29, 0.717) is 11.3 Å². The second kappa shape index (κ2) is 6.03. The number of nitrogens with zero attached hydrogens (tertiary/aromatic N) is 4. The lowest BCUT2D eigenvalue weighted by atomic mass is 10.2. The Morgan fingerprint density at radius 1 is 1.35 bits per heavy atom. The summed E-state index contributed by atoms with van der Waals surface area (Å²) in [5, 5.41) is 10.6. The number of imidazole rings is 1. The van der Waals surface area contributed by atoms with Crippen molar-refractivity contribution in [1.29, 1.82) is 0 Å².